The Kier molecular flexibility index (Phi) is 11.4. The molecule has 1 amide bonds. The SMILES string of the molecule is CCNC(=NCCCN1CCCC1=O)NCCN1CCCC(C)C1.I. The summed E-state index contributed by atoms with van der Waals surface area (Å²) in [6.45, 7) is 12.3. The van der Waals surface area contributed by atoms with Crippen molar-refractivity contribution < 1.29 is 4.79 Å². The molecule has 0 aromatic rings. The minimum atomic E-state index is 0. The zero-order chi connectivity index (χ0) is 17.2. The molecule has 6 nitrogen and oxygen atoms in total. The highest BCUT2D eigenvalue weighted by atomic mass is 127. The molecule has 0 aliphatic carbocycles. The first-order chi connectivity index (χ1) is 11.7. The molecular formula is C18H36IN5O. The van der Waals surface area contributed by atoms with Crippen LogP contribution in [0.4, 0.5) is 0 Å². The number of amides is 1. The molecule has 0 spiro atoms. The molecule has 0 aromatic heterocycles. The van der Waals surface area contributed by atoms with Gasteiger partial charge in [0.2, 0.25) is 5.91 Å². The average Bonchev–Trinajstić information content (AvgIpc) is 2.97. The van der Waals surface area contributed by atoms with E-state index in [1.165, 1.54) is 25.9 Å². The number of piperidine rings is 1. The number of likely N-dealkylation sites (tertiary alicyclic amines) is 2. The predicted octanol–water partition coefficient (Wildman–Crippen LogP) is 1.90. The number of nitrogens with one attached hydrogen (secondary N) is 2. The van der Waals surface area contributed by atoms with E-state index in [0.29, 0.717) is 5.91 Å². The molecule has 7 heteroatoms. The van der Waals surface area contributed by atoms with E-state index in [4.69, 9.17) is 0 Å². The van der Waals surface area contributed by atoms with E-state index in [9.17, 15) is 4.79 Å². The van der Waals surface area contributed by atoms with Crippen LogP contribution in [0.15, 0.2) is 4.99 Å². The summed E-state index contributed by atoms with van der Waals surface area (Å²) < 4.78 is 0. The smallest absolute Gasteiger partial charge is 0.222 e. The summed E-state index contributed by atoms with van der Waals surface area (Å²) in [5.41, 5.74) is 0. The van der Waals surface area contributed by atoms with Gasteiger partial charge >= 0.3 is 0 Å². The van der Waals surface area contributed by atoms with Gasteiger partial charge in [-0.1, -0.05) is 6.92 Å². The first-order valence-electron chi connectivity index (χ1n) is 9.71. The van der Waals surface area contributed by atoms with E-state index in [1.54, 1.807) is 0 Å². The van der Waals surface area contributed by atoms with Crippen molar-refractivity contribution in [3.8, 4) is 0 Å². The Balaban J connectivity index is 0.00000312. The Morgan fingerprint density at radius 1 is 1.24 bits per heavy atom. The fourth-order valence-electron chi connectivity index (χ4n) is 3.56. The second kappa shape index (κ2) is 12.7. The first kappa shape index (κ1) is 22.5. The monoisotopic (exact) mass is 465 g/mol. The maximum atomic E-state index is 11.6. The number of nitrogens with zero attached hydrogens (tertiary/aromatic N) is 3. The van der Waals surface area contributed by atoms with Gasteiger partial charge in [0.15, 0.2) is 5.96 Å². The molecule has 2 N–H and O–H groups in total. The van der Waals surface area contributed by atoms with E-state index >= 15 is 0 Å². The number of carbonyl (C=O) groups excluding carboxylic acids is 1. The van der Waals surface area contributed by atoms with Crippen LogP contribution in [0, 0.1) is 5.92 Å². The number of rotatable bonds is 8. The van der Waals surface area contributed by atoms with Crippen LogP contribution in [0.3, 0.4) is 0 Å². The van der Waals surface area contributed by atoms with Gasteiger partial charge in [-0.15, -0.1) is 24.0 Å². The van der Waals surface area contributed by atoms with Crippen molar-refractivity contribution in [2.75, 3.05) is 52.4 Å². The van der Waals surface area contributed by atoms with Crippen molar-refractivity contribution in [2.24, 2.45) is 10.9 Å². The van der Waals surface area contributed by atoms with Crippen molar-refractivity contribution in [3.05, 3.63) is 0 Å². The number of carbonyl (C=O) groups is 1. The summed E-state index contributed by atoms with van der Waals surface area (Å²) in [6.07, 6.45) is 5.37. The number of hydrogen-bond acceptors (Lipinski definition) is 3. The molecule has 25 heavy (non-hydrogen) atoms. The van der Waals surface area contributed by atoms with E-state index in [2.05, 4.69) is 34.4 Å². The quantitative estimate of drug-likeness (QED) is 0.249. The van der Waals surface area contributed by atoms with Crippen LogP contribution in [-0.4, -0.2) is 74.0 Å². The molecule has 2 rings (SSSR count). The van der Waals surface area contributed by atoms with Gasteiger partial charge in [0.05, 0.1) is 0 Å². The van der Waals surface area contributed by atoms with Crippen molar-refractivity contribution in [1.29, 1.82) is 0 Å². The van der Waals surface area contributed by atoms with Gasteiger partial charge in [-0.25, -0.2) is 0 Å². The molecule has 0 radical (unpaired) electrons. The average molecular weight is 465 g/mol. The van der Waals surface area contributed by atoms with Crippen LogP contribution in [0.1, 0.15) is 46.0 Å². The highest BCUT2D eigenvalue weighted by Gasteiger charge is 2.19. The minimum absolute atomic E-state index is 0. The van der Waals surface area contributed by atoms with Gasteiger partial charge in [-0.05, 0) is 45.1 Å². The Bertz CT molecular complexity index is 418. The van der Waals surface area contributed by atoms with Crippen molar-refractivity contribution >= 4 is 35.8 Å². The van der Waals surface area contributed by atoms with Gasteiger partial charge in [-0.2, -0.15) is 0 Å². The van der Waals surface area contributed by atoms with Crippen LogP contribution in [-0.2, 0) is 4.79 Å². The third kappa shape index (κ3) is 8.57. The molecule has 0 bridgehead atoms. The standard InChI is InChI=1S/C18H35N5O.HI/c1-3-19-18(20-9-6-13-23-12-5-8-17(23)24)21-10-14-22-11-4-7-16(2)15-22;/h16H,3-15H2,1-2H3,(H2,19,20,21);1H. The molecule has 2 heterocycles. The van der Waals surface area contributed by atoms with Crippen LogP contribution in [0.25, 0.3) is 0 Å². The summed E-state index contributed by atoms with van der Waals surface area (Å²) >= 11 is 0. The third-order valence-corrected chi connectivity index (χ3v) is 4.83. The normalized spacial score (nSPS) is 22.0. The number of aliphatic imine (C=N–C) groups is 1. The van der Waals surface area contributed by atoms with Crippen molar-refractivity contribution in [2.45, 2.75) is 46.0 Å². The fraction of sp³-hybridized carbons (Fsp3) is 0.889. The second-order valence-corrected chi connectivity index (χ2v) is 7.07. The lowest BCUT2D eigenvalue weighted by Gasteiger charge is -2.30. The van der Waals surface area contributed by atoms with E-state index in [-0.39, 0.29) is 24.0 Å². The molecule has 0 saturated carbocycles. The molecule has 2 aliphatic heterocycles. The predicted molar refractivity (Wildman–Crippen MR) is 115 cm³/mol. The summed E-state index contributed by atoms with van der Waals surface area (Å²) in [4.78, 5) is 20.7. The van der Waals surface area contributed by atoms with Crippen LogP contribution >= 0.6 is 24.0 Å². The van der Waals surface area contributed by atoms with Gasteiger partial charge in [0.1, 0.15) is 0 Å². The minimum Gasteiger partial charge on any atom is -0.357 e. The summed E-state index contributed by atoms with van der Waals surface area (Å²) in [7, 11) is 0. The lowest BCUT2D eigenvalue weighted by molar-refractivity contribution is -0.127. The summed E-state index contributed by atoms with van der Waals surface area (Å²) in [6, 6.07) is 0. The van der Waals surface area contributed by atoms with Crippen LogP contribution < -0.4 is 10.6 Å². The molecule has 2 aliphatic rings. The maximum Gasteiger partial charge on any atom is 0.222 e. The molecule has 0 aromatic carbocycles. The van der Waals surface area contributed by atoms with Crippen LogP contribution in [0.2, 0.25) is 0 Å². The van der Waals surface area contributed by atoms with Gasteiger partial charge in [0, 0.05) is 52.2 Å². The molecule has 1 unspecified atom stereocenters. The topological polar surface area (TPSA) is 60.0 Å². The Morgan fingerprint density at radius 3 is 2.76 bits per heavy atom. The van der Waals surface area contributed by atoms with Crippen molar-refractivity contribution in [1.82, 2.24) is 20.4 Å². The molecule has 1 atom stereocenters. The lowest BCUT2D eigenvalue weighted by atomic mass is 10.0. The summed E-state index contributed by atoms with van der Waals surface area (Å²) in [5, 5.41) is 6.74. The van der Waals surface area contributed by atoms with E-state index < -0.39 is 0 Å². The molecule has 2 saturated heterocycles. The van der Waals surface area contributed by atoms with Crippen LogP contribution in [0.5, 0.6) is 0 Å². The third-order valence-electron chi connectivity index (χ3n) is 4.83. The van der Waals surface area contributed by atoms with Crippen molar-refractivity contribution in [3.63, 3.8) is 0 Å². The number of guanidine groups is 1. The Hall–Kier alpha value is -0.570. The maximum absolute atomic E-state index is 11.6. The number of halogens is 1. The summed E-state index contributed by atoms with van der Waals surface area (Å²) in [5.74, 6) is 2.03. The highest BCUT2D eigenvalue weighted by Crippen LogP contribution is 2.14. The zero-order valence-corrected chi connectivity index (χ0v) is 18.3. The molecule has 146 valence electrons. The molecular weight excluding hydrogens is 429 g/mol. The first-order valence-corrected chi connectivity index (χ1v) is 9.71. The van der Waals surface area contributed by atoms with Gasteiger partial charge in [-0.3, -0.25) is 9.79 Å². The fourth-order valence-corrected chi connectivity index (χ4v) is 3.56. The highest BCUT2D eigenvalue weighted by molar-refractivity contribution is 14.0. The van der Waals surface area contributed by atoms with E-state index in [1.807, 2.05) is 4.90 Å². The van der Waals surface area contributed by atoms with Gasteiger partial charge < -0.3 is 20.4 Å². The zero-order valence-electron chi connectivity index (χ0n) is 15.9. The lowest BCUT2D eigenvalue weighted by Crippen LogP contribution is -2.43. The Morgan fingerprint density at radius 2 is 2.08 bits per heavy atom. The second-order valence-electron chi connectivity index (χ2n) is 7.07. The van der Waals surface area contributed by atoms with E-state index in [0.717, 1.165) is 70.4 Å². The largest absolute Gasteiger partial charge is 0.357 e. The molecule has 2 fully saturated rings. The Labute approximate surface area is 170 Å². The van der Waals surface area contributed by atoms with Gasteiger partial charge in [0.25, 0.3) is 0 Å². The number of hydrogen-bond donors (Lipinski definition) is 2.